The van der Waals surface area contributed by atoms with Gasteiger partial charge in [0.2, 0.25) is 0 Å². The molecule has 0 rings (SSSR count). The molecule has 0 amide bonds. The van der Waals surface area contributed by atoms with E-state index in [1.54, 1.807) is 0 Å². The van der Waals surface area contributed by atoms with Gasteiger partial charge in [-0.1, -0.05) is 6.92 Å². The van der Waals surface area contributed by atoms with Crippen LogP contribution in [-0.2, 0) is 14.3 Å². The van der Waals surface area contributed by atoms with Crippen molar-refractivity contribution in [1.82, 2.24) is 0 Å². The van der Waals surface area contributed by atoms with Crippen molar-refractivity contribution in [2.75, 3.05) is 6.61 Å². The Morgan fingerprint density at radius 1 is 1.36 bits per heavy atom. The molecule has 1 atom stereocenters. The molecule has 14 heavy (non-hydrogen) atoms. The second-order valence-corrected chi connectivity index (χ2v) is 3.28. The number of ether oxygens (including phenoxy) is 1. The minimum atomic E-state index is -0.736. The van der Waals surface area contributed by atoms with Gasteiger partial charge in [-0.2, -0.15) is 0 Å². The fourth-order valence-electron chi connectivity index (χ4n) is 1.21. The number of unbranched alkanes of at least 4 members (excludes halogenated alkanes) is 1. The van der Waals surface area contributed by atoms with Crippen molar-refractivity contribution in [3.8, 4) is 0 Å². The average Bonchev–Trinajstić information content (AvgIpc) is 2.10. The van der Waals surface area contributed by atoms with Gasteiger partial charge in [0.25, 0.3) is 0 Å². The summed E-state index contributed by atoms with van der Waals surface area (Å²) in [5, 5.41) is 8.73. The number of hydrogen-bond donors (Lipinski definition) is 1. The minimum Gasteiger partial charge on any atom is -0.481 e. The molecule has 0 aromatic heterocycles. The number of carbonyl (C=O) groups is 2. The Bertz CT molecular complexity index is 189. The first-order valence-electron chi connectivity index (χ1n) is 4.94. The zero-order valence-corrected chi connectivity index (χ0v) is 8.78. The van der Waals surface area contributed by atoms with E-state index in [1.165, 1.54) is 6.92 Å². The van der Waals surface area contributed by atoms with Crippen LogP contribution in [0.3, 0.4) is 0 Å². The van der Waals surface area contributed by atoms with Crippen molar-refractivity contribution in [1.29, 1.82) is 0 Å². The van der Waals surface area contributed by atoms with Crippen molar-refractivity contribution in [2.45, 2.75) is 39.5 Å². The van der Waals surface area contributed by atoms with Gasteiger partial charge < -0.3 is 9.84 Å². The fourth-order valence-corrected chi connectivity index (χ4v) is 1.21. The lowest BCUT2D eigenvalue weighted by Crippen LogP contribution is -2.12. The Balaban J connectivity index is 3.42. The summed E-state index contributed by atoms with van der Waals surface area (Å²) in [4.78, 5) is 21.0. The first kappa shape index (κ1) is 12.9. The van der Waals surface area contributed by atoms with Crippen LogP contribution in [0.25, 0.3) is 0 Å². The Labute approximate surface area is 84.3 Å². The molecule has 0 aliphatic rings. The molecule has 4 heteroatoms. The van der Waals surface area contributed by atoms with Gasteiger partial charge in [-0.15, -0.1) is 0 Å². The molecule has 1 N–H and O–H groups in total. The summed E-state index contributed by atoms with van der Waals surface area (Å²) in [7, 11) is 0. The summed E-state index contributed by atoms with van der Waals surface area (Å²) < 4.78 is 4.73. The Hall–Kier alpha value is -1.06. The standard InChI is InChI=1S/C10H18O4/c1-3-9(10(12)13)6-4-5-7-14-8(2)11/h9H,3-7H2,1-2H3,(H,12,13). The van der Waals surface area contributed by atoms with E-state index in [1.807, 2.05) is 6.92 Å². The molecule has 1 unspecified atom stereocenters. The highest BCUT2D eigenvalue weighted by molar-refractivity contribution is 5.69. The molecule has 0 saturated heterocycles. The Kier molecular flexibility index (Phi) is 6.80. The maximum Gasteiger partial charge on any atom is 0.306 e. The zero-order valence-electron chi connectivity index (χ0n) is 8.78. The van der Waals surface area contributed by atoms with Crippen LogP contribution in [0.2, 0.25) is 0 Å². The molecular weight excluding hydrogens is 184 g/mol. The molecule has 0 spiro atoms. The van der Waals surface area contributed by atoms with Gasteiger partial charge in [-0.3, -0.25) is 9.59 Å². The van der Waals surface area contributed by atoms with Crippen LogP contribution in [0, 0.1) is 5.92 Å². The van der Waals surface area contributed by atoms with Crippen LogP contribution in [0.15, 0.2) is 0 Å². The number of rotatable bonds is 7. The smallest absolute Gasteiger partial charge is 0.306 e. The SMILES string of the molecule is CCC(CCCCOC(C)=O)C(=O)O. The molecule has 0 saturated carbocycles. The summed E-state index contributed by atoms with van der Waals surface area (Å²) in [5.41, 5.74) is 0. The van der Waals surface area contributed by atoms with E-state index in [4.69, 9.17) is 9.84 Å². The third-order valence-electron chi connectivity index (χ3n) is 2.09. The minimum absolute atomic E-state index is 0.257. The average molecular weight is 202 g/mol. The Morgan fingerprint density at radius 3 is 2.43 bits per heavy atom. The molecule has 0 aliphatic heterocycles. The predicted octanol–water partition coefficient (Wildman–Crippen LogP) is 1.83. The van der Waals surface area contributed by atoms with Gasteiger partial charge in [-0.25, -0.2) is 0 Å². The Morgan fingerprint density at radius 2 is 2.00 bits per heavy atom. The second kappa shape index (κ2) is 7.35. The van der Waals surface area contributed by atoms with Crippen LogP contribution in [0.1, 0.15) is 39.5 Å². The number of carboxylic acid groups (broad SMARTS) is 1. The molecule has 0 aliphatic carbocycles. The van der Waals surface area contributed by atoms with E-state index in [-0.39, 0.29) is 11.9 Å². The van der Waals surface area contributed by atoms with E-state index < -0.39 is 5.97 Å². The van der Waals surface area contributed by atoms with Crippen molar-refractivity contribution < 1.29 is 19.4 Å². The lowest BCUT2D eigenvalue weighted by Gasteiger charge is -2.08. The normalized spacial score (nSPS) is 12.1. The molecule has 82 valence electrons. The summed E-state index contributed by atoms with van der Waals surface area (Å²) in [6.07, 6.45) is 2.84. The van der Waals surface area contributed by atoms with Crippen molar-refractivity contribution >= 4 is 11.9 Å². The largest absolute Gasteiger partial charge is 0.481 e. The van der Waals surface area contributed by atoms with E-state index in [0.29, 0.717) is 19.4 Å². The number of esters is 1. The molecule has 0 radical (unpaired) electrons. The highest BCUT2D eigenvalue weighted by Crippen LogP contribution is 2.12. The third kappa shape index (κ3) is 6.46. The third-order valence-corrected chi connectivity index (χ3v) is 2.09. The van der Waals surface area contributed by atoms with E-state index in [2.05, 4.69) is 0 Å². The van der Waals surface area contributed by atoms with E-state index >= 15 is 0 Å². The fraction of sp³-hybridized carbons (Fsp3) is 0.800. The number of hydrogen-bond acceptors (Lipinski definition) is 3. The summed E-state index contributed by atoms with van der Waals surface area (Å²) in [6.45, 7) is 3.63. The van der Waals surface area contributed by atoms with Gasteiger partial charge in [0.1, 0.15) is 0 Å². The quantitative estimate of drug-likeness (QED) is 0.505. The highest BCUT2D eigenvalue weighted by Gasteiger charge is 2.13. The van der Waals surface area contributed by atoms with E-state index in [9.17, 15) is 9.59 Å². The molecule has 0 bridgehead atoms. The van der Waals surface area contributed by atoms with Gasteiger partial charge in [0, 0.05) is 6.92 Å². The molecule has 0 fully saturated rings. The first-order chi connectivity index (χ1) is 6.57. The predicted molar refractivity (Wildman–Crippen MR) is 51.9 cm³/mol. The van der Waals surface area contributed by atoms with Gasteiger partial charge in [0.15, 0.2) is 0 Å². The molecule has 4 nitrogen and oxygen atoms in total. The monoisotopic (exact) mass is 202 g/mol. The van der Waals surface area contributed by atoms with E-state index in [0.717, 1.165) is 12.8 Å². The number of aliphatic carboxylic acids is 1. The zero-order chi connectivity index (χ0) is 11.0. The highest BCUT2D eigenvalue weighted by atomic mass is 16.5. The lowest BCUT2D eigenvalue weighted by atomic mass is 10.00. The maximum absolute atomic E-state index is 10.6. The number of carbonyl (C=O) groups excluding carboxylic acids is 1. The van der Waals surface area contributed by atoms with Crippen molar-refractivity contribution in [2.24, 2.45) is 5.92 Å². The van der Waals surface area contributed by atoms with Crippen LogP contribution in [0.4, 0.5) is 0 Å². The molecule has 0 heterocycles. The second-order valence-electron chi connectivity index (χ2n) is 3.28. The topological polar surface area (TPSA) is 63.6 Å². The molecule has 0 aromatic rings. The van der Waals surface area contributed by atoms with Crippen LogP contribution in [0.5, 0.6) is 0 Å². The van der Waals surface area contributed by atoms with Crippen LogP contribution < -0.4 is 0 Å². The van der Waals surface area contributed by atoms with Gasteiger partial charge in [0.05, 0.1) is 12.5 Å². The summed E-state index contributed by atoms with van der Waals surface area (Å²) in [6, 6.07) is 0. The lowest BCUT2D eigenvalue weighted by molar-refractivity contribution is -0.143. The molecular formula is C10H18O4. The maximum atomic E-state index is 10.6. The van der Waals surface area contributed by atoms with Crippen LogP contribution in [-0.4, -0.2) is 23.7 Å². The van der Waals surface area contributed by atoms with Crippen LogP contribution >= 0.6 is 0 Å². The summed E-state index contributed by atoms with van der Waals surface area (Å²) in [5.74, 6) is -1.28. The first-order valence-corrected chi connectivity index (χ1v) is 4.94. The van der Waals surface area contributed by atoms with Crippen molar-refractivity contribution in [3.05, 3.63) is 0 Å². The molecule has 0 aromatic carbocycles. The van der Waals surface area contributed by atoms with Gasteiger partial charge >= 0.3 is 11.9 Å². The van der Waals surface area contributed by atoms with Crippen molar-refractivity contribution in [3.63, 3.8) is 0 Å². The number of carboxylic acids is 1. The summed E-state index contributed by atoms with van der Waals surface area (Å²) >= 11 is 0. The van der Waals surface area contributed by atoms with Gasteiger partial charge in [-0.05, 0) is 25.7 Å².